The van der Waals surface area contributed by atoms with Gasteiger partial charge in [-0.05, 0) is 36.4 Å². The van der Waals surface area contributed by atoms with Crippen LogP contribution in [-0.4, -0.2) is 51.7 Å². The van der Waals surface area contributed by atoms with Gasteiger partial charge >= 0.3 is 5.97 Å². The molecule has 2 aromatic carbocycles. The van der Waals surface area contributed by atoms with Gasteiger partial charge in [-0.25, -0.2) is 14.8 Å². The van der Waals surface area contributed by atoms with Crippen LogP contribution in [0.2, 0.25) is 0 Å². The Morgan fingerprint density at radius 3 is 2.68 bits per heavy atom. The van der Waals surface area contributed by atoms with Crippen LogP contribution in [0.3, 0.4) is 0 Å². The van der Waals surface area contributed by atoms with Crippen molar-refractivity contribution >= 4 is 28.8 Å². The molecule has 31 heavy (non-hydrogen) atoms. The molecule has 0 radical (unpaired) electrons. The predicted molar refractivity (Wildman–Crippen MR) is 118 cm³/mol. The van der Waals surface area contributed by atoms with Crippen molar-refractivity contribution in [2.24, 2.45) is 0 Å². The number of hydrogen-bond donors (Lipinski definition) is 2. The zero-order valence-corrected chi connectivity index (χ0v) is 16.7. The predicted octanol–water partition coefficient (Wildman–Crippen LogP) is 3.67. The topological polar surface area (TPSA) is 92.0 Å². The molecule has 1 aliphatic heterocycles. The van der Waals surface area contributed by atoms with Crippen molar-refractivity contribution in [1.82, 2.24) is 14.4 Å². The number of aromatic nitrogens is 3. The summed E-state index contributed by atoms with van der Waals surface area (Å²) in [5, 5.41) is 12.7. The van der Waals surface area contributed by atoms with Crippen molar-refractivity contribution in [3.63, 3.8) is 0 Å². The van der Waals surface area contributed by atoms with Crippen LogP contribution in [0, 0.1) is 0 Å². The molecule has 8 nitrogen and oxygen atoms in total. The quantitative estimate of drug-likeness (QED) is 0.514. The first kappa shape index (κ1) is 19.1. The smallest absolute Gasteiger partial charge is 0.335 e. The molecule has 1 fully saturated rings. The number of imidazole rings is 1. The first-order valence-corrected chi connectivity index (χ1v) is 10.0. The van der Waals surface area contributed by atoms with Gasteiger partial charge in [0.1, 0.15) is 0 Å². The molecular weight excluding hydrogens is 394 g/mol. The van der Waals surface area contributed by atoms with Crippen LogP contribution in [-0.2, 0) is 4.74 Å². The van der Waals surface area contributed by atoms with E-state index in [1.165, 1.54) is 0 Å². The van der Waals surface area contributed by atoms with Crippen LogP contribution in [0.4, 0.5) is 17.2 Å². The third-order valence-electron chi connectivity index (χ3n) is 5.29. The molecule has 0 unspecified atom stereocenters. The van der Waals surface area contributed by atoms with Crippen LogP contribution >= 0.6 is 0 Å². The SMILES string of the molecule is O=C(O)c1cccc(-c2cn3ccnc3c(Nc3ccc(N4CCOCC4)cc3)n2)c1. The Morgan fingerprint density at radius 1 is 1.10 bits per heavy atom. The van der Waals surface area contributed by atoms with Crippen molar-refractivity contribution in [3.05, 3.63) is 72.7 Å². The number of ether oxygens (including phenoxy) is 1. The monoisotopic (exact) mass is 415 g/mol. The molecule has 4 aromatic rings. The summed E-state index contributed by atoms with van der Waals surface area (Å²) in [4.78, 5) is 22.8. The van der Waals surface area contributed by atoms with E-state index in [-0.39, 0.29) is 5.56 Å². The summed E-state index contributed by atoms with van der Waals surface area (Å²) < 4.78 is 7.30. The largest absolute Gasteiger partial charge is 0.478 e. The summed E-state index contributed by atoms with van der Waals surface area (Å²) in [6, 6.07) is 14.9. The lowest BCUT2D eigenvalue weighted by Crippen LogP contribution is -2.36. The summed E-state index contributed by atoms with van der Waals surface area (Å²) in [6.45, 7) is 3.27. The maximum Gasteiger partial charge on any atom is 0.335 e. The first-order valence-electron chi connectivity index (χ1n) is 10.0. The van der Waals surface area contributed by atoms with E-state index in [1.54, 1.807) is 24.4 Å². The van der Waals surface area contributed by atoms with Crippen molar-refractivity contribution in [1.29, 1.82) is 0 Å². The Kier molecular flexibility index (Phi) is 4.97. The van der Waals surface area contributed by atoms with Crippen LogP contribution in [0.15, 0.2) is 67.1 Å². The summed E-state index contributed by atoms with van der Waals surface area (Å²) >= 11 is 0. The molecule has 2 aromatic heterocycles. The molecule has 0 amide bonds. The van der Waals surface area contributed by atoms with Crippen LogP contribution < -0.4 is 10.2 Å². The summed E-state index contributed by atoms with van der Waals surface area (Å²) in [7, 11) is 0. The van der Waals surface area contributed by atoms with Gasteiger partial charge in [0.05, 0.1) is 24.5 Å². The van der Waals surface area contributed by atoms with Gasteiger partial charge in [0.25, 0.3) is 0 Å². The molecule has 0 atom stereocenters. The van der Waals surface area contributed by atoms with Gasteiger partial charge in [-0.15, -0.1) is 0 Å². The minimum atomic E-state index is -0.968. The second-order valence-electron chi connectivity index (χ2n) is 7.29. The van der Waals surface area contributed by atoms with E-state index < -0.39 is 5.97 Å². The van der Waals surface area contributed by atoms with Crippen LogP contribution in [0.25, 0.3) is 16.9 Å². The standard InChI is InChI=1S/C23H21N5O3/c29-23(30)17-3-1-2-16(14-17)20-15-28-9-8-24-22(28)21(26-20)25-18-4-6-19(7-5-18)27-10-12-31-13-11-27/h1-9,14-15H,10-13H2,(H,25,26)(H,29,30). The van der Waals surface area contributed by atoms with Crippen LogP contribution in [0.5, 0.6) is 0 Å². The maximum atomic E-state index is 11.3. The summed E-state index contributed by atoms with van der Waals surface area (Å²) in [5.74, 6) is -0.369. The number of nitrogens with one attached hydrogen (secondary N) is 1. The van der Waals surface area contributed by atoms with E-state index in [1.807, 2.05) is 35.0 Å². The average Bonchev–Trinajstić information content (AvgIpc) is 3.29. The molecule has 0 spiro atoms. The summed E-state index contributed by atoms with van der Waals surface area (Å²) in [5.41, 5.74) is 4.34. The number of aromatic carboxylic acids is 1. The molecule has 0 bridgehead atoms. The van der Waals surface area contributed by atoms with Gasteiger partial charge in [-0.1, -0.05) is 12.1 Å². The van der Waals surface area contributed by atoms with Gasteiger partial charge in [0.2, 0.25) is 0 Å². The molecule has 1 saturated heterocycles. The Labute approximate surface area is 178 Å². The minimum Gasteiger partial charge on any atom is -0.478 e. The lowest BCUT2D eigenvalue weighted by Gasteiger charge is -2.28. The highest BCUT2D eigenvalue weighted by atomic mass is 16.5. The van der Waals surface area contributed by atoms with Crippen LogP contribution in [0.1, 0.15) is 10.4 Å². The Balaban J connectivity index is 1.46. The molecule has 3 heterocycles. The van der Waals surface area contributed by atoms with E-state index in [0.29, 0.717) is 17.2 Å². The number of rotatable bonds is 5. The highest BCUT2D eigenvalue weighted by molar-refractivity contribution is 5.89. The number of carboxylic acid groups (broad SMARTS) is 1. The number of morpholine rings is 1. The van der Waals surface area contributed by atoms with Gasteiger partial charge < -0.3 is 24.5 Å². The normalized spacial score (nSPS) is 14.0. The number of benzene rings is 2. The number of anilines is 3. The molecule has 8 heteroatoms. The second kappa shape index (κ2) is 8.08. The Hall–Kier alpha value is -3.91. The molecular formula is C23H21N5O3. The van der Waals surface area contributed by atoms with Gasteiger partial charge in [0, 0.05) is 48.6 Å². The third kappa shape index (κ3) is 3.93. The molecule has 156 valence electrons. The zero-order chi connectivity index (χ0) is 21.2. The maximum absolute atomic E-state index is 11.3. The Morgan fingerprint density at radius 2 is 1.90 bits per heavy atom. The van der Waals surface area contributed by atoms with E-state index in [0.717, 1.165) is 43.2 Å². The lowest BCUT2D eigenvalue weighted by atomic mass is 10.1. The van der Waals surface area contributed by atoms with Gasteiger partial charge in [-0.2, -0.15) is 0 Å². The van der Waals surface area contributed by atoms with E-state index in [9.17, 15) is 9.90 Å². The van der Waals surface area contributed by atoms with Crippen molar-refractivity contribution < 1.29 is 14.6 Å². The van der Waals surface area contributed by atoms with Gasteiger partial charge in [0.15, 0.2) is 11.5 Å². The zero-order valence-electron chi connectivity index (χ0n) is 16.7. The second-order valence-corrected chi connectivity index (χ2v) is 7.29. The molecule has 1 aliphatic rings. The molecule has 2 N–H and O–H groups in total. The number of carbonyl (C=O) groups is 1. The van der Waals surface area contributed by atoms with Crippen molar-refractivity contribution in [2.45, 2.75) is 0 Å². The number of nitrogens with zero attached hydrogens (tertiary/aromatic N) is 4. The number of fused-ring (bicyclic) bond motifs is 1. The fraction of sp³-hybridized carbons (Fsp3) is 0.174. The molecule has 0 saturated carbocycles. The minimum absolute atomic E-state index is 0.221. The third-order valence-corrected chi connectivity index (χ3v) is 5.29. The van der Waals surface area contributed by atoms with Crippen molar-refractivity contribution in [3.8, 4) is 11.3 Å². The first-order chi connectivity index (χ1) is 15.2. The highest BCUT2D eigenvalue weighted by Crippen LogP contribution is 2.26. The average molecular weight is 415 g/mol. The van der Waals surface area contributed by atoms with E-state index in [4.69, 9.17) is 9.72 Å². The summed E-state index contributed by atoms with van der Waals surface area (Å²) in [6.07, 6.45) is 5.39. The fourth-order valence-electron chi connectivity index (χ4n) is 3.68. The van der Waals surface area contributed by atoms with Gasteiger partial charge in [-0.3, -0.25) is 0 Å². The number of hydrogen-bond acceptors (Lipinski definition) is 6. The molecule has 5 rings (SSSR count). The Bertz CT molecular complexity index is 1230. The highest BCUT2D eigenvalue weighted by Gasteiger charge is 2.13. The lowest BCUT2D eigenvalue weighted by molar-refractivity contribution is 0.0697. The fourth-order valence-corrected chi connectivity index (χ4v) is 3.68. The molecule has 0 aliphatic carbocycles. The van der Waals surface area contributed by atoms with E-state index >= 15 is 0 Å². The van der Waals surface area contributed by atoms with Crippen molar-refractivity contribution in [2.75, 3.05) is 36.5 Å². The van der Waals surface area contributed by atoms with E-state index in [2.05, 4.69) is 27.3 Å². The number of carboxylic acids is 1.